The Morgan fingerprint density at radius 1 is 1.19 bits per heavy atom. The van der Waals surface area contributed by atoms with E-state index in [0.717, 1.165) is 43.0 Å². The van der Waals surface area contributed by atoms with E-state index < -0.39 is 21.7 Å². The second-order valence-corrected chi connectivity index (χ2v) is 8.75. The van der Waals surface area contributed by atoms with E-state index in [1.165, 1.54) is 5.56 Å². The molecule has 0 saturated heterocycles. The molecule has 0 fully saturated rings. The molecule has 0 aromatic heterocycles. The van der Waals surface area contributed by atoms with Crippen LogP contribution < -0.4 is 10.0 Å². The zero-order valence-corrected chi connectivity index (χ0v) is 16.1. The predicted molar refractivity (Wildman–Crippen MR) is 101 cm³/mol. The first-order chi connectivity index (χ1) is 12.8. The summed E-state index contributed by atoms with van der Waals surface area (Å²) in [7, 11) is -3.81. The molecule has 2 N–H and O–H groups in total. The summed E-state index contributed by atoms with van der Waals surface area (Å²) >= 11 is 0. The number of carbonyl (C=O) groups excluding carboxylic acids is 1. The van der Waals surface area contributed by atoms with Gasteiger partial charge >= 0.3 is 0 Å². The molecule has 144 valence electrons. The van der Waals surface area contributed by atoms with Gasteiger partial charge in [0, 0.05) is 6.04 Å². The summed E-state index contributed by atoms with van der Waals surface area (Å²) in [6, 6.07) is 10.6. The van der Waals surface area contributed by atoms with Gasteiger partial charge in [-0.2, -0.15) is 0 Å². The Balaban J connectivity index is 1.87. The zero-order chi connectivity index (χ0) is 19.6. The largest absolute Gasteiger partial charge is 0.345 e. The van der Waals surface area contributed by atoms with Gasteiger partial charge in [0.25, 0.3) is 5.91 Å². The van der Waals surface area contributed by atoms with Crippen LogP contribution in [0.15, 0.2) is 47.4 Å². The number of carbonyl (C=O) groups is 1. The molecule has 2 aromatic rings. The van der Waals surface area contributed by atoms with Gasteiger partial charge in [-0.05, 0) is 62.4 Å². The molecule has 1 amide bonds. The molecule has 3 rings (SSSR count). The van der Waals surface area contributed by atoms with E-state index in [0.29, 0.717) is 0 Å². The zero-order valence-electron chi connectivity index (χ0n) is 15.3. The van der Waals surface area contributed by atoms with E-state index in [4.69, 9.17) is 0 Å². The number of fused-ring (bicyclic) bond motifs is 1. The summed E-state index contributed by atoms with van der Waals surface area (Å²) in [5.74, 6) is -1.36. The second-order valence-electron chi connectivity index (χ2n) is 7.03. The standard InChI is InChI=1S/C20H23FN2O3S/c1-13(2)23-27(25,26)15-10-11-18(21)17(12-15)20(24)22-19-9-5-7-14-6-3-4-8-16(14)19/h3-4,6,8,10-13,19,23H,5,7,9H2,1-2H3,(H,22,24). The van der Waals surface area contributed by atoms with Crippen molar-refractivity contribution < 1.29 is 17.6 Å². The normalized spacial score (nSPS) is 16.8. The van der Waals surface area contributed by atoms with Crippen LogP contribution in [-0.2, 0) is 16.4 Å². The summed E-state index contributed by atoms with van der Waals surface area (Å²) in [6.07, 6.45) is 2.64. The minimum absolute atomic E-state index is 0.133. The molecule has 5 nitrogen and oxygen atoms in total. The van der Waals surface area contributed by atoms with Crippen molar-refractivity contribution in [3.05, 3.63) is 65.0 Å². The van der Waals surface area contributed by atoms with E-state index in [9.17, 15) is 17.6 Å². The number of amides is 1. The molecular formula is C20H23FN2O3S. The van der Waals surface area contributed by atoms with E-state index in [1.807, 2.05) is 24.3 Å². The van der Waals surface area contributed by atoms with Crippen LogP contribution in [-0.4, -0.2) is 20.4 Å². The Morgan fingerprint density at radius 2 is 1.93 bits per heavy atom. The number of sulfonamides is 1. The molecule has 0 spiro atoms. The number of benzene rings is 2. The van der Waals surface area contributed by atoms with Crippen molar-refractivity contribution in [1.29, 1.82) is 0 Å². The maximum atomic E-state index is 14.2. The smallest absolute Gasteiger partial charge is 0.254 e. The molecule has 0 bridgehead atoms. The summed E-state index contributed by atoms with van der Waals surface area (Å²) in [5.41, 5.74) is 1.93. The third-order valence-corrected chi connectivity index (χ3v) is 6.21. The lowest BCUT2D eigenvalue weighted by molar-refractivity contribution is 0.0928. The Kier molecular flexibility index (Phi) is 5.62. The number of hydrogen-bond acceptors (Lipinski definition) is 3. The fourth-order valence-corrected chi connectivity index (χ4v) is 4.64. The van der Waals surface area contributed by atoms with Crippen LogP contribution in [0.25, 0.3) is 0 Å². The average molecular weight is 390 g/mol. The summed E-state index contributed by atoms with van der Waals surface area (Å²) < 4.78 is 41.3. The average Bonchev–Trinajstić information content (AvgIpc) is 2.61. The number of hydrogen-bond donors (Lipinski definition) is 2. The van der Waals surface area contributed by atoms with Gasteiger partial charge in [-0.15, -0.1) is 0 Å². The summed E-state index contributed by atoms with van der Waals surface area (Å²) in [6.45, 7) is 3.38. The van der Waals surface area contributed by atoms with E-state index in [1.54, 1.807) is 13.8 Å². The maximum absolute atomic E-state index is 14.2. The monoisotopic (exact) mass is 390 g/mol. The van der Waals surface area contributed by atoms with Crippen LogP contribution in [0.5, 0.6) is 0 Å². The first-order valence-corrected chi connectivity index (χ1v) is 10.5. The molecule has 0 radical (unpaired) electrons. The Morgan fingerprint density at radius 3 is 2.67 bits per heavy atom. The van der Waals surface area contributed by atoms with Crippen LogP contribution in [0.3, 0.4) is 0 Å². The van der Waals surface area contributed by atoms with Gasteiger partial charge in [0.15, 0.2) is 0 Å². The highest BCUT2D eigenvalue weighted by molar-refractivity contribution is 7.89. The molecule has 1 unspecified atom stereocenters. The van der Waals surface area contributed by atoms with Gasteiger partial charge in [0.2, 0.25) is 10.0 Å². The lowest BCUT2D eigenvalue weighted by Crippen LogP contribution is -2.32. The molecule has 7 heteroatoms. The Hall–Kier alpha value is -2.25. The highest BCUT2D eigenvalue weighted by Crippen LogP contribution is 2.30. The van der Waals surface area contributed by atoms with Gasteiger partial charge in [-0.1, -0.05) is 24.3 Å². The van der Waals surface area contributed by atoms with Crippen LogP contribution in [0.2, 0.25) is 0 Å². The highest BCUT2D eigenvalue weighted by Gasteiger charge is 2.25. The SMILES string of the molecule is CC(C)NS(=O)(=O)c1ccc(F)c(C(=O)NC2CCCc3ccccc32)c1. The Bertz CT molecular complexity index is 957. The van der Waals surface area contributed by atoms with Crippen molar-refractivity contribution in [2.75, 3.05) is 0 Å². The second kappa shape index (κ2) is 7.78. The van der Waals surface area contributed by atoms with Crippen LogP contribution >= 0.6 is 0 Å². The van der Waals surface area contributed by atoms with Crippen molar-refractivity contribution in [2.24, 2.45) is 0 Å². The molecule has 0 heterocycles. The van der Waals surface area contributed by atoms with Gasteiger partial charge in [-0.3, -0.25) is 4.79 Å². The molecule has 2 aromatic carbocycles. The Labute approximate surface area is 159 Å². The lowest BCUT2D eigenvalue weighted by Gasteiger charge is -2.26. The fourth-order valence-electron chi connectivity index (χ4n) is 3.36. The van der Waals surface area contributed by atoms with Crippen molar-refractivity contribution in [3.8, 4) is 0 Å². The first kappa shape index (κ1) is 19.5. The molecular weight excluding hydrogens is 367 g/mol. The van der Waals surface area contributed by atoms with Crippen molar-refractivity contribution in [2.45, 2.75) is 50.1 Å². The minimum atomic E-state index is -3.81. The molecule has 27 heavy (non-hydrogen) atoms. The molecule has 0 aliphatic heterocycles. The number of rotatable bonds is 5. The van der Waals surface area contributed by atoms with Crippen LogP contribution in [0, 0.1) is 5.82 Å². The van der Waals surface area contributed by atoms with Gasteiger partial charge in [-0.25, -0.2) is 17.5 Å². The van der Waals surface area contributed by atoms with E-state index >= 15 is 0 Å². The number of nitrogens with one attached hydrogen (secondary N) is 2. The summed E-state index contributed by atoms with van der Waals surface area (Å²) in [4.78, 5) is 12.5. The predicted octanol–water partition coefficient (Wildman–Crippen LogP) is 3.32. The third-order valence-electron chi connectivity index (χ3n) is 4.56. The van der Waals surface area contributed by atoms with Crippen molar-refractivity contribution in [1.82, 2.24) is 10.0 Å². The fraction of sp³-hybridized carbons (Fsp3) is 0.350. The van der Waals surface area contributed by atoms with Gasteiger partial charge < -0.3 is 5.32 Å². The van der Waals surface area contributed by atoms with Crippen LogP contribution in [0.1, 0.15) is 54.2 Å². The van der Waals surface area contributed by atoms with E-state index in [-0.39, 0.29) is 22.5 Å². The summed E-state index contributed by atoms with van der Waals surface area (Å²) in [5, 5.41) is 2.86. The minimum Gasteiger partial charge on any atom is -0.345 e. The topological polar surface area (TPSA) is 75.3 Å². The highest BCUT2D eigenvalue weighted by atomic mass is 32.2. The van der Waals surface area contributed by atoms with Gasteiger partial charge in [0.05, 0.1) is 16.5 Å². The number of aryl methyl sites for hydroxylation is 1. The number of halogens is 1. The first-order valence-electron chi connectivity index (χ1n) is 8.98. The lowest BCUT2D eigenvalue weighted by atomic mass is 9.87. The van der Waals surface area contributed by atoms with E-state index in [2.05, 4.69) is 10.0 Å². The maximum Gasteiger partial charge on any atom is 0.254 e. The van der Waals surface area contributed by atoms with Crippen molar-refractivity contribution in [3.63, 3.8) is 0 Å². The van der Waals surface area contributed by atoms with Gasteiger partial charge in [0.1, 0.15) is 5.82 Å². The molecule has 1 atom stereocenters. The third kappa shape index (κ3) is 4.36. The molecule has 1 aliphatic carbocycles. The molecule has 1 aliphatic rings. The molecule has 0 saturated carbocycles. The quantitative estimate of drug-likeness (QED) is 0.822. The van der Waals surface area contributed by atoms with Crippen molar-refractivity contribution >= 4 is 15.9 Å². The van der Waals surface area contributed by atoms with Crippen LogP contribution in [0.4, 0.5) is 4.39 Å².